The second-order valence-electron chi connectivity index (χ2n) is 7.43. The average Bonchev–Trinajstić information content (AvgIpc) is 2.58. The standard InChI is InChI=1S/C18H21ClFNO4/c19-15-11(14(17(22)23)10-1-3-21-4-2-10)5-13-12(16(15)20)6-18(9-25-13)7-24-8-18/h5,10,14,21H,1-4,6-9H2,(H,22,23)/t14-/m1/s1. The van der Waals surface area contributed by atoms with Gasteiger partial charge in [-0.05, 0) is 49.9 Å². The van der Waals surface area contributed by atoms with E-state index in [0.29, 0.717) is 43.1 Å². The van der Waals surface area contributed by atoms with Gasteiger partial charge in [-0.1, -0.05) is 11.6 Å². The summed E-state index contributed by atoms with van der Waals surface area (Å²) in [5.74, 6) is -1.97. The van der Waals surface area contributed by atoms with Crippen LogP contribution in [0.25, 0.3) is 0 Å². The summed E-state index contributed by atoms with van der Waals surface area (Å²) < 4.78 is 26.0. The first-order valence-electron chi connectivity index (χ1n) is 8.66. The van der Waals surface area contributed by atoms with E-state index in [1.165, 1.54) is 0 Å². The summed E-state index contributed by atoms with van der Waals surface area (Å²) in [6.45, 7) is 3.10. The molecule has 3 aliphatic rings. The Morgan fingerprint density at radius 3 is 2.68 bits per heavy atom. The number of ether oxygens (including phenoxy) is 2. The van der Waals surface area contributed by atoms with Gasteiger partial charge in [0.15, 0.2) is 0 Å². The fourth-order valence-corrected chi connectivity index (χ4v) is 4.46. The summed E-state index contributed by atoms with van der Waals surface area (Å²) in [6, 6.07) is 1.65. The highest BCUT2D eigenvalue weighted by Crippen LogP contribution is 2.46. The Hall–Kier alpha value is -1.37. The van der Waals surface area contributed by atoms with Crippen molar-refractivity contribution in [1.29, 1.82) is 0 Å². The number of fused-ring (bicyclic) bond motifs is 1. The minimum Gasteiger partial charge on any atom is -0.492 e. The molecule has 25 heavy (non-hydrogen) atoms. The molecule has 2 N–H and O–H groups in total. The Morgan fingerprint density at radius 1 is 1.36 bits per heavy atom. The number of carboxylic acids is 1. The lowest BCUT2D eigenvalue weighted by Gasteiger charge is -2.44. The lowest BCUT2D eigenvalue weighted by atomic mass is 9.76. The maximum Gasteiger partial charge on any atom is 0.311 e. The van der Waals surface area contributed by atoms with Gasteiger partial charge in [-0.25, -0.2) is 4.39 Å². The van der Waals surface area contributed by atoms with Crippen molar-refractivity contribution in [3.05, 3.63) is 28.0 Å². The van der Waals surface area contributed by atoms with E-state index in [2.05, 4.69) is 5.32 Å². The first-order valence-corrected chi connectivity index (χ1v) is 9.03. The van der Waals surface area contributed by atoms with Gasteiger partial charge in [-0.2, -0.15) is 0 Å². The highest BCUT2D eigenvalue weighted by atomic mass is 35.5. The second-order valence-corrected chi connectivity index (χ2v) is 7.81. The minimum absolute atomic E-state index is 0.0661. The van der Waals surface area contributed by atoms with Gasteiger partial charge >= 0.3 is 5.97 Å². The number of hydrogen-bond donors (Lipinski definition) is 2. The molecule has 136 valence electrons. The lowest BCUT2D eigenvalue weighted by molar-refractivity contribution is -0.140. The Morgan fingerprint density at radius 2 is 2.08 bits per heavy atom. The van der Waals surface area contributed by atoms with Crippen LogP contribution >= 0.6 is 11.6 Å². The van der Waals surface area contributed by atoms with Gasteiger partial charge in [0.2, 0.25) is 0 Å². The summed E-state index contributed by atoms with van der Waals surface area (Å²) in [7, 11) is 0. The van der Waals surface area contributed by atoms with Gasteiger partial charge in [-0.3, -0.25) is 4.79 Å². The van der Waals surface area contributed by atoms with Crippen molar-refractivity contribution in [2.24, 2.45) is 11.3 Å². The third kappa shape index (κ3) is 2.90. The van der Waals surface area contributed by atoms with Crippen LogP contribution in [0.2, 0.25) is 5.02 Å². The van der Waals surface area contributed by atoms with Crippen LogP contribution in [-0.4, -0.2) is 44.0 Å². The van der Waals surface area contributed by atoms with Crippen LogP contribution in [0.15, 0.2) is 6.07 Å². The maximum atomic E-state index is 15.0. The SMILES string of the molecule is O=C(O)[C@@H](c1cc2c(c(F)c1Cl)CC1(COC1)CO2)C1CCNCC1. The quantitative estimate of drug-likeness (QED) is 0.857. The summed E-state index contributed by atoms with van der Waals surface area (Å²) in [6.07, 6.45) is 1.97. The van der Waals surface area contributed by atoms with E-state index in [1.807, 2.05) is 0 Å². The number of piperidine rings is 1. The molecule has 3 aliphatic heterocycles. The van der Waals surface area contributed by atoms with Gasteiger partial charge < -0.3 is 19.9 Å². The van der Waals surface area contributed by atoms with E-state index in [4.69, 9.17) is 21.1 Å². The first-order chi connectivity index (χ1) is 12.0. The van der Waals surface area contributed by atoms with Crippen LogP contribution in [0.3, 0.4) is 0 Å². The van der Waals surface area contributed by atoms with E-state index in [-0.39, 0.29) is 16.4 Å². The topological polar surface area (TPSA) is 67.8 Å². The number of halogens is 2. The van der Waals surface area contributed by atoms with Gasteiger partial charge in [0.05, 0.1) is 36.2 Å². The number of carboxylic acid groups (broad SMARTS) is 1. The Balaban J connectivity index is 1.72. The van der Waals surface area contributed by atoms with Crippen molar-refractivity contribution in [2.45, 2.75) is 25.2 Å². The number of hydrogen-bond acceptors (Lipinski definition) is 4. The van der Waals surface area contributed by atoms with Crippen molar-refractivity contribution in [3.63, 3.8) is 0 Å². The largest absolute Gasteiger partial charge is 0.492 e. The van der Waals surface area contributed by atoms with Crippen molar-refractivity contribution >= 4 is 17.6 Å². The third-order valence-electron chi connectivity index (χ3n) is 5.65. The van der Waals surface area contributed by atoms with E-state index < -0.39 is 17.7 Å². The number of benzene rings is 1. The summed E-state index contributed by atoms with van der Waals surface area (Å²) in [5.41, 5.74) is 0.607. The van der Waals surface area contributed by atoms with Gasteiger partial charge in [0, 0.05) is 5.56 Å². The average molecular weight is 370 g/mol. The zero-order valence-electron chi connectivity index (χ0n) is 13.8. The van der Waals surface area contributed by atoms with Gasteiger partial charge in [0.1, 0.15) is 11.6 Å². The molecular weight excluding hydrogens is 349 g/mol. The molecule has 0 saturated carbocycles. The molecule has 0 aliphatic carbocycles. The van der Waals surface area contributed by atoms with E-state index in [9.17, 15) is 14.3 Å². The second kappa shape index (κ2) is 6.41. The van der Waals surface area contributed by atoms with Crippen LogP contribution in [0.5, 0.6) is 5.75 Å². The van der Waals surface area contributed by atoms with Crippen LogP contribution in [0.4, 0.5) is 4.39 Å². The van der Waals surface area contributed by atoms with E-state index in [1.54, 1.807) is 6.07 Å². The summed E-state index contributed by atoms with van der Waals surface area (Å²) >= 11 is 6.30. The number of rotatable bonds is 3. The normalized spacial score (nSPS) is 23.4. The molecule has 0 radical (unpaired) electrons. The molecule has 1 aromatic rings. The van der Waals surface area contributed by atoms with Crippen LogP contribution in [0, 0.1) is 17.2 Å². The molecule has 0 bridgehead atoms. The molecule has 1 aromatic carbocycles. The zero-order chi connectivity index (χ0) is 17.6. The highest BCUT2D eigenvalue weighted by molar-refractivity contribution is 6.32. The Kier molecular flexibility index (Phi) is 4.38. The molecule has 0 unspecified atom stereocenters. The summed E-state index contributed by atoms with van der Waals surface area (Å²) in [4.78, 5) is 11.9. The highest BCUT2D eigenvalue weighted by Gasteiger charge is 2.45. The molecule has 0 aromatic heterocycles. The molecule has 3 heterocycles. The minimum atomic E-state index is -0.965. The Labute approximate surface area is 150 Å². The van der Waals surface area contributed by atoms with Crippen molar-refractivity contribution < 1.29 is 23.8 Å². The fourth-order valence-electron chi connectivity index (χ4n) is 4.18. The van der Waals surface area contributed by atoms with Crippen molar-refractivity contribution in [1.82, 2.24) is 5.32 Å². The molecule has 1 atom stereocenters. The molecule has 1 spiro atoms. The maximum absolute atomic E-state index is 15.0. The van der Waals surface area contributed by atoms with Crippen molar-refractivity contribution in [2.75, 3.05) is 32.9 Å². The molecule has 2 saturated heterocycles. The van der Waals surface area contributed by atoms with Crippen LogP contribution in [-0.2, 0) is 16.0 Å². The molecular formula is C18H21ClFNO4. The monoisotopic (exact) mass is 369 g/mol. The van der Waals surface area contributed by atoms with Gasteiger partial charge in [0.25, 0.3) is 0 Å². The first kappa shape index (κ1) is 17.1. The molecule has 7 heteroatoms. The predicted molar refractivity (Wildman–Crippen MR) is 89.8 cm³/mol. The number of carbonyl (C=O) groups is 1. The predicted octanol–water partition coefficient (Wildman–Crippen LogP) is 2.60. The van der Waals surface area contributed by atoms with Crippen molar-refractivity contribution in [3.8, 4) is 5.75 Å². The number of aliphatic carboxylic acids is 1. The molecule has 2 fully saturated rings. The molecule has 4 rings (SSSR count). The van der Waals surface area contributed by atoms with E-state index >= 15 is 0 Å². The smallest absolute Gasteiger partial charge is 0.311 e. The lowest BCUT2D eigenvalue weighted by Crippen LogP contribution is -2.50. The Bertz CT molecular complexity index is 701. The zero-order valence-corrected chi connectivity index (χ0v) is 14.6. The third-order valence-corrected chi connectivity index (χ3v) is 6.04. The van der Waals surface area contributed by atoms with Crippen LogP contribution < -0.4 is 10.1 Å². The fraction of sp³-hybridized carbons (Fsp3) is 0.611. The number of nitrogens with one attached hydrogen (secondary N) is 1. The van der Waals surface area contributed by atoms with E-state index in [0.717, 1.165) is 25.9 Å². The molecule has 5 nitrogen and oxygen atoms in total. The summed E-state index contributed by atoms with van der Waals surface area (Å²) in [5, 5.41) is 12.9. The van der Waals surface area contributed by atoms with Crippen LogP contribution in [0.1, 0.15) is 29.9 Å². The molecule has 0 amide bonds. The van der Waals surface area contributed by atoms with Gasteiger partial charge in [-0.15, -0.1) is 0 Å².